The summed E-state index contributed by atoms with van der Waals surface area (Å²) in [5.74, 6) is 0. The molecule has 2 heterocycles. The zero-order valence-corrected chi connectivity index (χ0v) is 13.1. The summed E-state index contributed by atoms with van der Waals surface area (Å²) in [6.07, 6.45) is 2.13. The first-order valence-electron chi connectivity index (χ1n) is 7.10. The number of ether oxygens (including phenoxy) is 2. The molecule has 0 spiro atoms. The van der Waals surface area contributed by atoms with E-state index in [9.17, 15) is 8.42 Å². The van der Waals surface area contributed by atoms with Gasteiger partial charge in [0.05, 0.1) is 24.2 Å². The Kier molecular flexibility index (Phi) is 4.51. The van der Waals surface area contributed by atoms with Gasteiger partial charge >= 0.3 is 0 Å². The van der Waals surface area contributed by atoms with Crippen LogP contribution in [0.2, 0.25) is 5.02 Å². The normalized spacial score (nSPS) is 25.3. The molecule has 0 saturated carbocycles. The molecule has 0 N–H and O–H groups in total. The van der Waals surface area contributed by atoms with E-state index < -0.39 is 16.3 Å². The predicted molar refractivity (Wildman–Crippen MR) is 78.7 cm³/mol. The number of sulfonamides is 1. The smallest absolute Gasteiger partial charge is 0.243 e. The van der Waals surface area contributed by atoms with Gasteiger partial charge in [-0.25, -0.2) is 8.42 Å². The lowest BCUT2D eigenvalue weighted by molar-refractivity contribution is -0.0913. The Morgan fingerprint density at radius 2 is 1.95 bits per heavy atom. The first-order chi connectivity index (χ1) is 10.1. The minimum Gasteiger partial charge on any atom is -0.349 e. The Morgan fingerprint density at radius 1 is 1.19 bits per heavy atom. The zero-order chi connectivity index (χ0) is 14.9. The fourth-order valence-corrected chi connectivity index (χ4v) is 4.85. The van der Waals surface area contributed by atoms with Crippen molar-refractivity contribution in [2.75, 3.05) is 19.8 Å². The SMILES string of the molecule is O=S(=O)(c1cccc(Cl)c1)N1CCCC[C@H]1C1OCCO1. The lowest BCUT2D eigenvalue weighted by Crippen LogP contribution is -2.50. The van der Waals surface area contributed by atoms with Crippen molar-refractivity contribution in [1.82, 2.24) is 4.31 Å². The molecule has 2 saturated heterocycles. The Labute approximate surface area is 129 Å². The molecule has 21 heavy (non-hydrogen) atoms. The maximum Gasteiger partial charge on any atom is 0.243 e. The molecule has 0 amide bonds. The van der Waals surface area contributed by atoms with E-state index >= 15 is 0 Å². The summed E-state index contributed by atoms with van der Waals surface area (Å²) in [5, 5.41) is 0.415. The Morgan fingerprint density at radius 3 is 2.67 bits per heavy atom. The van der Waals surface area contributed by atoms with E-state index in [4.69, 9.17) is 21.1 Å². The Hall–Kier alpha value is -0.660. The van der Waals surface area contributed by atoms with Gasteiger partial charge in [-0.3, -0.25) is 0 Å². The third-order valence-electron chi connectivity index (χ3n) is 3.86. The molecule has 1 aromatic carbocycles. The van der Waals surface area contributed by atoms with Crippen LogP contribution in [-0.4, -0.2) is 44.8 Å². The third-order valence-corrected chi connectivity index (χ3v) is 6.02. The van der Waals surface area contributed by atoms with E-state index in [0.29, 0.717) is 24.8 Å². The van der Waals surface area contributed by atoms with Crippen LogP contribution in [0.4, 0.5) is 0 Å². The molecule has 1 atom stereocenters. The van der Waals surface area contributed by atoms with Crippen molar-refractivity contribution in [3.05, 3.63) is 29.3 Å². The van der Waals surface area contributed by atoms with E-state index in [0.717, 1.165) is 19.3 Å². The van der Waals surface area contributed by atoms with Crippen LogP contribution < -0.4 is 0 Å². The van der Waals surface area contributed by atoms with Gasteiger partial charge in [-0.1, -0.05) is 24.1 Å². The van der Waals surface area contributed by atoms with Crippen molar-refractivity contribution in [3.8, 4) is 0 Å². The van der Waals surface area contributed by atoms with Gasteiger partial charge in [0.25, 0.3) is 0 Å². The third kappa shape index (κ3) is 3.10. The molecule has 0 aromatic heterocycles. The van der Waals surface area contributed by atoms with Crippen molar-refractivity contribution in [2.24, 2.45) is 0 Å². The second kappa shape index (κ2) is 6.22. The highest BCUT2D eigenvalue weighted by Gasteiger charge is 2.40. The van der Waals surface area contributed by atoms with Crippen molar-refractivity contribution in [3.63, 3.8) is 0 Å². The molecular formula is C14H18ClNO4S. The topological polar surface area (TPSA) is 55.8 Å². The standard InChI is InChI=1S/C14H18ClNO4S/c15-11-4-3-5-12(10-11)21(17,18)16-7-2-1-6-13(16)14-19-8-9-20-14/h3-5,10,13-14H,1-2,6-9H2/t13-/m0/s1. The molecule has 0 unspecified atom stereocenters. The summed E-state index contributed by atoms with van der Waals surface area (Å²) in [6.45, 7) is 1.53. The van der Waals surface area contributed by atoms with Gasteiger partial charge in [-0.2, -0.15) is 4.31 Å². The van der Waals surface area contributed by atoms with Gasteiger partial charge in [0.2, 0.25) is 10.0 Å². The average Bonchev–Trinajstić information content (AvgIpc) is 3.01. The molecule has 116 valence electrons. The summed E-state index contributed by atoms with van der Waals surface area (Å²) in [5.41, 5.74) is 0. The number of hydrogen-bond donors (Lipinski definition) is 0. The maximum absolute atomic E-state index is 12.9. The summed E-state index contributed by atoms with van der Waals surface area (Å²) in [7, 11) is -3.58. The average molecular weight is 332 g/mol. The van der Waals surface area contributed by atoms with Crippen LogP contribution in [0.3, 0.4) is 0 Å². The van der Waals surface area contributed by atoms with Gasteiger partial charge < -0.3 is 9.47 Å². The second-order valence-electron chi connectivity index (χ2n) is 5.25. The largest absolute Gasteiger partial charge is 0.349 e. The van der Waals surface area contributed by atoms with E-state index in [1.54, 1.807) is 18.2 Å². The fraction of sp³-hybridized carbons (Fsp3) is 0.571. The first-order valence-corrected chi connectivity index (χ1v) is 8.91. The number of piperidine rings is 1. The van der Waals surface area contributed by atoms with E-state index in [1.807, 2.05) is 0 Å². The van der Waals surface area contributed by atoms with E-state index in [1.165, 1.54) is 10.4 Å². The summed E-state index contributed by atoms with van der Waals surface area (Å²) < 4.78 is 38.3. The molecule has 0 aliphatic carbocycles. The number of halogens is 1. The Bertz CT molecular complexity index is 601. The summed E-state index contributed by atoms with van der Waals surface area (Å²) in [4.78, 5) is 0.222. The lowest BCUT2D eigenvalue weighted by Gasteiger charge is -2.36. The summed E-state index contributed by atoms with van der Waals surface area (Å²) in [6, 6.07) is 6.11. The van der Waals surface area contributed by atoms with Crippen molar-refractivity contribution in [1.29, 1.82) is 0 Å². The van der Waals surface area contributed by atoms with Crippen LogP contribution in [0.1, 0.15) is 19.3 Å². The van der Waals surface area contributed by atoms with Gasteiger partial charge in [0.1, 0.15) is 0 Å². The molecule has 2 aliphatic rings. The number of benzene rings is 1. The highest BCUT2D eigenvalue weighted by Crippen LogP contribution is 2.30. The molecule has 0 bridgehead atoms. The molecular weight excluding hydrogens is 314 g/mol. The monoisotopic (exact) mass is 331 g/mol. The molecule has 1 aromatic rings. The van der Waals surface area contributed by atoms with Crippen LogP contribution in [0.5, 0.6) is 0 Å². The van der Waals surface area contributed by atoms with Crippen LogP contribution in [0, 0.1) is 0 Å². The van der Waals surface area contributed by atoms with Gasteiger partial charge in [-0.05, 0) is 31.0 Å². The fourth-order valence-electron chi connectivity index (χ4n) is 2.86. The van der Waals surface area contributed by atoms with Gasteiger partial charge in [0, 0.05) is 11.6 Å². The van der Waals surface area contributed by atoms with Crippen LogP contribution in [0.25, 0.3) is 0 Å². The Balaban J connectivity index is 1.91. The molecule has 7 heteroatoms. The molecule has 3 rings (SSSR count). The van der Waals surface area contributed by atoms with Crippen LogP contribution in [-0.2, 0) is 19.5 Å². The lowest BCUT2D eigenvalue weighted by atomic mass is 10.0. The second-order valence-corrected chi connectivity index (χ2v) is 7.57. The van der Waals surface area contributed by atoms with Crippen LogP contribution in [0.15, 0.2) is 29.2 Å². The minimum absolute atomic E-state index is 0.222. The van der Waals surface area contributed by atoms with Gasteiger partial charge in [-0.15, -0.1) is 0 Å². The molecule has 2 aliphatic heterocycles. The number of hydrogen-bond acceptors (Lipinski definition) is 4. The number of rotatable bonds is 3. The minimum atomic E-state index is -3.58. The number of nitrogens with zero attached hydrogens (tertiary/aromatic N) is 1. The molecule has 5 nitrogen and oxygen atoms in total. The first kappa shape index (κ1) is 15.2. The van der Waals surface area contributed by atoms with Crippen molar-refractivity contribution in [2.45, 2.75) is 36.5 Å². The highest BCUT2D eigenvalue weighted by molar-refractivity contribution is 7.89. The molecule has 0 radical (unpaired) electrons. The van der Waals surface area contributed by atoms with E-state index in [-0.39, 0.29) is 10.9 Å². The predicted octanol–water partition coefficient (Wildman–Crippen LogP) is 2.26. The van der Waals surface area contributed by atoms with Gasteiger partial charge in [0.15, 0.2) is 6.29 Å². The van der Waals surface area contributed by atoms with Crippen molar-refractivity contribution >= 4 is 21.6 Å². The van der Waals surface area contributed by atoms with Crippen LogP contribution >= 0.6 is 11.6 Å². The zero-order valence-electron chi connectivity index (χ0n) is 11.6. The highest BCUT2D eigenvalue weighted by atomic mass is 35.5. The van der Waals surface area contributed by atoms with E-state index in [2.05, 4.69) is 0 Å². The maximum atomic E-state index is 12.9. The quantitative estimate of drug-likeness (QED) is 0.852. The summed E-state index contributed by atoms with van der Waals surface area (Å²) >= 11 is 5.92. The van der Waals surface area contributed by atoms with Crippen molar-refractivity contribution < 1.29 is 17.9 Å². The molecule has 2 fully saturated rings.